The SMILES string of the molecule is C=CCNC(=NCc1coc(-c2ccccc2)n1)NCC. The summed E-state index contributed by atoms with van der Waals surface area (Å²) in [5.74, 6) is 1.35. The molecule has 0 amide bonds. The predicted octanol–water partition coefficient (Wildman–Crippen LogP) is 2.58. The van der Waals surface area contributed by atoms with Crippen molar-refractivity contribution in [2.45, 2.75) is 13.5 Å². The lowest BCUT2D eigenvalue weighted by molar-refractivity contribution is 0.572. The smallest absolute Gasteiger partial charge is 0.226 e. The molecule has 0 radical (unpaired) electrons. The molecule has 2 aromatic rings. The Morgan fingerprint density at radius 1 is 1.33 bits per heavy atom. The molecule has 5 heteroatoms. The standard InChI is InChI=1S/C16H20N4O/c1-3-10-18-16(17-4-2)19-11-14-12-21-15(20-14)13-8-6-5-7-9-13/h3,5-9,12H,1,4,10-11H2,2H3,(H2,17,18,19). The molecule has 5 nitrogen and oxygen atoms in total. The van der Waals surface area contributed by atoms with Crippen LogP contribution in [0.25, 0.3) is 11.5 Å². The highest BCUT2D eigenvalue weighted by molar-refractivity contribution is 5.79. The number of nitrogens with one attached hydrogen (secondary N) is 2. The first-order valence-corrected chi connectivity index (χ1v) is 6.96. The Bertz CT molecular complexity index is 589. The zero-order chi connectivity index (χ0) is 14.9. The number of oxazole rings is 1. The van der Waals surface area contributed by atoms with Crippen molar-refractivity contribution in [2.24, 2.45) is 4.99 Å². The van der Waals surface area contributed by atoms with Crippen LogP contribution in [0.15, 0.2) is 58.7 Å². The van der Waals surface area contributed by atoms with Gasteiger partial charge in [-0.3, -0.25) is 0 Å². The van der Waals surface area contributed by atoms with Crippen LogP contribution in [0, 0.1) is 0 Å². The first-order chi connectivity index (χ1) is 10.3. The van der Waals surface area contributed by atoms with Crippen LogP contribution < -0.4 is 10.6 Å². The number of hydrogen-bond acceptors (Lipinski definition) is 3. The van der Waals surface area contributed by atoms with Gasteiger partial charge in [-0.1, -0.05) is 24.3 Å². The largest absolute Gasteiger partial charge is 0.444 e. The van der Waals surface area contributed by atoms with Gasteiger partial charge in [0.1, 0.15) is 12.0 Å². The monoisotopic (exact) mass is 284 g/mol. The fraction of sp³-hybridized carbons (Fsp3) is 0.250. The predicted molar refractivity (Wildman–Crippen MR) is 85.0 cm³/mol. The molecule has 1 aromatic carbocycles. The van der Waals surface area contributed by atoms with Gasteiger partial charge in [0.05, 0.1) is 6.54 Å². The van der Waals surface area contributed by atoms with Crippen LogP contribution in [-0.4, -0.2) is 24.0 Å². The maximum absolute atomic E-state index is 5.49. The van der Waals surface area contributed by atoms with Gasteiger partial charge in [-0.05, 0) is 19.1 Å². The second-order valence-electron chi connectivity index (χ2n) is 4.37. The van der Waals surface area contributed by atoms with Crippen LogP contribution >= 0.6 is 0 Å². The molecule has 2 N–H and O–H groups in total. The maximum Gasteiger partial charge on any atom is 0.226 e. The van der Waals surface area contributed by atoms with Crippen LogP contribution in [0.4, 0.5) is 0 Å². The molecule has 0 fully saturated rings. The number of benzene rings is 1. The minimum absolute atomic E-state index is 0.461. The lowest BCUT2D eigenvalue weighted by Gasteiger charge is -2.08. The Morgan fingerprint density at radius 3 is 2.86 bits per heavy atom. The summed E-state index contributed by atoms with van der Waals surface area (Å²) in [6.45, 7) is 7.63. The fourth-order valence-corrected chi connectivity index (χ4v) is 1.76. The van der Waals surface area contributed by atoms with E-state index in [2.05, 4.69) is 27.2 Å². The molecule has 0 aliphatic rings. The van der Waals surface area contributed by atoms with Gasteiger partial charge in [0.2, 0.25) is 5.89 Å². The molecular weight excluding hydrogens is 264 g/mol. The van der Waals surface area contributed by atoms with Crippen molar-refractivity contribution in [1.82, 2.24) is 15.6 Å². The molecule has 21 heavy (non-hydrogen) atoms. The minimum atomic E-state index is 0.461. The number of guanidine groups is 1. The molecule has 0 saturated heterocycles. The van der Waals surface area contributed by atoms with E-state index in [4.69, 9.17) is 4.42 Å². The second-order valence-corrected chi connectivity index (χ2v) is 4.37. The lowest BCUT2D eigenvalue weighted by Crippen LogP contribution is -2.37. The van der Waals surface area contributed by atoms with Crippen LogP contribution in [0.1, 0.15) is 12.6 Å². The molecular formula is C16H20N4O. The van der Waals surface area contributed by atoms with Gasteiger partial charge in [0.15, 0.2) is 5.96 Å². The summed E-state index contributed by atoms with van der Waals surface area (Å²) in [5.41, 5.74) is 1.76. The van der Waals surface area contributed by atoms with E-state index >= 15 is 0 Å². The Hall–Kier alpha value is -2.56. The summed E-state index contributed by atoms with van der Waals surface area (Å²) in [6.07, 6.45) is 3.43. The molecule has 0 aliphatic carbocycles. The molecule has 0 spiro atoms. The van der Waals surface area contributed by atoms with E-state index in [1.54, 1.807) is 12.3 Å². The Kier molecular flexibility index (Phi) is 5.58. The molecule has 0 unspecified atom stereocenters. The number of aromatic nitrogens is 1. The quantitative estimate of drug-likeness (QED) is 0.486. The van der Waals surface area contributed by atoms with Crippen LogP contribution in [0.2, 0.25) is 0 Å². The molecule has 0 bridgehead atoms. The normalized spacial score (nSPS) is 11.2. The van der Waals surface area contributed by atoms with Gasteiger partial charge < -0.3 is 15.1 Å². The summed E-state index contributed by atoms with van der Waals surface area (Å²) in [7, 11) is 0. The summed E-state index contributed by atoms with van der Waals surface area (Å²) in [5, 5.41) is 6.30. The fourth-order valence-electron chi connectivity index (χ4n) is 1.76. The van der Waals surface area contributed by atoms with Gasteiger partial charge in [0.25, 0.3) is 0 Å². The van der Waals surface area contributed by atoms with Crippen molar-refractivity contribution in [1.29, 1.82) is 0 Å². The minimum Gasteiger partial charge on any atom is -0.444 e. The zero-order valence-corrected chi connectivity index (χ0v) is 12.2. The van der Waals surface area contributed by atoms with Crippen LogP contribution in [0.5, 0.6) is 0 Å². The van der Waals surface area contributed by atoms with E-state index in [1.807, 2.05) is 37.3 Å². The van der Waals surface area contributed by atoms with Crippen molar-refractivity contribution >= 4 is 5.96 Å². The third-order valence-electron chi connectivity index (χ3n) is 2.73. The van der Waals surface area contributed by atoms with E-state index in [-0.39, 0.29) is 0 Å². The first kappa shape index (κ1) is 14.8. The molecule has 1 heterocycles. The van der Waals surface area contributed by atoms with Crippen molar-refractivity contribution in [3.8, 4) is 11.5 Å². The van der Waals surface area contributed by atoms with Crippen molar-refractivity contribution in [2.75, 3.05) is 13.1 Å². The summed E-state index contributed by atoms with van der Waals surface area (Å²) < 4.78 is 5.49. The van der Waals surface area contributed by atoms with Crippen molar-refractivity contribution in [3.05, 3.63) is 54.9 Å². The van der Waals surface area contributed by atoms with Gasteiger partial charge in [0, 0.05) is 18.7 Å². The summed E-state index contributed by atoms with van der Waals surface area (Å²) in [4.78, 5) is 8.90. The molecule has 1 aromatic heterocycles. The Morgan fingerprint density at radius 2 is 2.14 bits per heavy atom. The highest BCUT2D eigenvalue weighted by Gasteiger charge is 2.06. The van der Waals surface area contributed by atoms with Crippen molar-refractivity contribution < 1.29 is 4.42 Å². The number of aliphatic imine (C=N–C) groups is 1. The van der Waals surface area contributed by atoms with E-state index in [9.17, 15) is 0 Å². The summed E-state index contributed by atoms with van der Waals surface area (Å²) >= 11 is 0. The molecule has 110 valence electrons. The highest BCUT2D eigenvalue weighted by atomic mass is 16.3. The van der Waals surface area contributed by atoms with Crippen molar-refractivity contribution in [3.63, 3.8) is 0 Å². The Balaban J connectivity index is 2.02. The average Bonchev–Trinajstić information content (AvgIpc) is 3.00. The van der Waals surface area contributed by atoms with Crippen LogP contribution in [-0.2, 0) is 6.54 Å². The van der Waals surface area contributed by atoms with Gasteiger partial charge in [-0.2, -0.15) is 0 Å². The molecule has 2 rings (SSSR count). The average molecular weight is 284 g/mol. The maximum atomic E-state index is 5.49. The van der Waals surface area contributed by atoms with E-state index in [1.165, 1.54) is 0 Å². The number of rotatable bonds is 6. The van der Waals surface area contributed by atoms with E-state index in [0.29, 0.717) is 19.0 Å². The van der Waals surface area contributed by atoms with Gasteiger partial charge in [-0.15, -0.1) is 6.58 Å². The Labute approximate surface area is 124 Å². The van der Waals surface area contributed by atoms with E-state index in [0.717, 1.165) is 23.8 Å². The number of hydrogen-bond donors (Lipinski definition) is 2. The summed E-state index contributed by atoms with van der Waals surface area (Å²) in [6, 6.07) is 9.81. The highest BCUT2D eigenvalue weighted by Crippen LogP contribution is 2.18. The lowest BCUT2D eigenvalue weighted by atomic mass is 10.2. The molecule has 0 aliphatic heterocycles. The van der Waals surface area contributed by atoms with Gasteiger partial charge in [-0.25, -0.2) is 9.98 Å². The van der Waals surface area contributed by atoms with E-state index < -0.39 is 0 Å². The second kappa shape index (κ2) is 7.89. The van der Waals surface area contributed by atoms with Gasteiger partial charge >= 0.3 is 0 Å². The number of nitrogens with zero attached hydrogens (tertiary/aromatic N) is 2. The molecule has 0 atom stereocenters. The topological polar surface area (TPSA) is 62.5 Å². The third kappa shape index (κ3) is 4.49. The first-order valence-electron chi connectivity index (χ1n) is 6.96. The molecule has 0 saturated carbocycles. The van der Waals surface area contributed by atoms with Crippen LogP contribution in [0.3, 0.4) is 0 Å². The zero-order valence-electron chi connectivity index (χ0n) is 12.2. The third-order valence-corrected chi connectivity index (χ3v) is 2.73.